The molecule has 0 saturated carbocycles. The van der Waals surface area contributed by atoms with E-state index in [0.717, 1.165) is 0 Å². The molecule has 3 rings (SSSR count). The van der Waals surface area contributed by atoms with Gasteiger partial charge < -0.3 is 4.42 Å². The van der Waals surface area contributed by atoms with Crippen molar-refractivity contribution in [3.63, 3.8) is 0 Å². The molecule has 2 aromatic heterocycles. The van der Waals surface area contributed by atoms with Gasteiger partial charge in [-0.15, -0.1) is 0 Å². The first kappa shape index (κ1) is 13.2. The van der Waals surface area contributed by atoms with Gasteiger partial charge in [0.25, 0.3) is 5.56 Å². The highest BCUT2D eigenvalue weighted by Gasteiger charge is 2.15. The van der Waals surface area contributed by atoms with Gasteiger partial charge in [0.2, 0.25) is 11.1 Å². The summed E-state index contributed by atoms with van der Waals surface area (Å²) in [5.41, 5.74) is -0.420. The molecule has 0 N–H and O–H groups in total. The Bertz CT molecular complexity index is 962. The maximum Gasteiger partial charge on any atom is 0.269 e. The fourth-order valence-electron chi connectivity index (χ4n) is 2.02. The summed E-state index contributed by atoms with van der Waals surface area (Å²) >= 11 is 7.18. The van der Waals surface area contributed by atoms with Crippen molar-refractivity contribution in [2.45, 2.75) is 5.16 Å². The maximum absolute atomic E-state index is 12.4. The molecule has 0 atom stereocenters. The summed E-state index contributed by atoms with van der Waals surface area (Å²) in [4.78, 5) is 28.9. The minimum atomic E-state index is -0.421. The standard InChI is InChI=1S/C13H9ClN2O3S/c1-16-12(18)9-10(17)7-5-6(14)3-4-8(7)19-11(9)15-13(16)20-2/h3-5H,1-2H3. The fourth-order valence-corrected chi connectivity index (χ4v) is 2.73. The Labute approximate surface area is 122 Å². The first-order valence-corrected chi connectivity index (χ1v) is 7.30. The van der Waals surface area contributed by atoms with Gasteiger partial charge in [-0.05, 0) is 24.5 Å². The molecule has 0 aliphatic heterocycles. The zero-order chi connectivity index (χ0) is 14.4. The van der Waals surface area contributed by atoms with Crippen LogP contribution in [0.15, 0.2) is 37.4 Å². The number of thioether (sulfide) groups is 1. The minimum Gasteiger partial charge on any atom is -0.437 e. The Hall–Kier alpha value is -1.79. The number of fused-ring (bicyclic) bond motifs is 2. The van der Waals surface area contributed by atoms with Crippen molar-refractivity contribution < 1.29 is 4.42 Å². The van der Waals surface area contributed by atoms with Crippen LogP contribution in [0.3, 0.4) is 0 Å². The predicted molar refractivity (Wildman–Crippen MR) is 79.8 cm³/mol. The van der Waals surface area contributed by atoms with Crippen molar-refractivity contribution in [3.05, 3.63) is 43.8 Å². The summed E-state index contributed by atoms with van der Waals surface area (Å²) in [7, 11) is 1.57. The Morgan fingerprint density at radius 2 is 2.10 bits per heavy atom. The van der Waals surface area contributed by atoms with Crippen molar-refractivity contribution in [1.29, 1.82) is 0 Å². The molecule has 2 heterocycles. The minimum absolute atomic E-state index is 0.0530. The number of halogens is 1. The number of hydrogen-bond donors (Lipinski definition) is 0. The van der Waals surface area contributed by atoms with E-state index in [0.29, 0.717) is 15.8 Å². The lowest BCUT2D eigenvalue weighted by molar-refractivity contribution is 0.617. The van der Waals surface area contributed by atoms with Crippen LogP contribution < -0.4 is 11.0 Å². The lowest BCUT2D eigenvalue weighted by Crippen LogP contribution is -2.25. The Kier molecular flexibility index (Phi) is 3.07. The predicted octanol–water partition coefficient (Wildman–Crippen LogP) is 2.42. The van der Waals surface area contributed by atoms with Gasteiger partial charge in [0.15, 0.2) is 10.5 Å². The van der Waals surface area contributed by atoms with E-state index >= 15 is 0 Å². The SMILES string of the molecule is CSc1nc2oc3ccc(Cl)cc3c(=O)c2c(=O)n1C. The van der Waals surface area contributed by atoms with Gasteiger partial charge in [-0.2, -0.15) is 4.98 Å². The van der Waals surface area contributed by atoms with Crippen molar-refractivity contribution >= 4 is 45.4 Å². The average molecular weight is 309 g/mol. The van der Waals surface area contributed by atoms with Crippen LogP contribution in [0.1, 0.15) is 0 Å². The van der Waals surface area contributed by atoms with Crippen LogP contribution in [0.2, 0.25) is 5.02 Å². The molecule has 0 spiro atoms. The zero-order valence-electron chi connectivity index (χ0n) is 10.6. The Morgan fingerprint density at radius 3 is 2.80 bits per heavy atom. The number of aromatic nitrogens is 2. The Morgan fingerprint density at radius 1 is 1.35 bits per heavy atom. The van der Waals surface area contributed by atoms with E-state index in [-0.39, 0.29) is 16.5 Å². The highest BCUT2D eigenvalue weighted by atomic mass is 35.5. The summed E-state index contributed by atoms with van der Waals surface area (Å²) in [6, 6.07) is 4.70. The third kappa shape index (κ3) is 1.83. The van der Waals surface area contributed by atoms with Gasteiger partial charge in [-0.1, -0.05) is 23.4 Å². The molecular formula is C13H9ClN2O3S. The fraction of sp³-hybridized carbons (Fsp3) is 0.154. The smallest absolute Gasteiger partial charge is 0.269 e. The molecule has 20 heavy (non-hydrogen) atoms. The third-order valence-electron chi connectivity index (χ3n) is 3.02. The van der Waals surface area contributed by atoms with Gasteiger partial charge in [0.05, 0.1) is 5.39 Å². The highest BCUT2D eigenvalue weighted by molar-refractivity contribution is 7.98. The average Bonchev–Trinajstić information content (AvgIpc) is 2.43. The summed E-state index contributed by atoms with van der Waals surface area (Å²) in [5, 5.41) is 1.12. The van der Waals surface area contributed by atoms with Gasteiger partial charge in [-0.25, -0.2) is 0 Å². The highest BCUT2D eigenvalue weighted by Crippen LogP contribution is 2.20. The normalized spacial score (nSPS) is 11.3. The Balaban J connectivity index is 2.61. The third-order valence-corrected chi connectivity index (χ3v) is 3.98. The van der Waals surface area contributed by atoms with Crippen molar-refractivity contribution in [1.82, 2.24) is 9.55 Å². The van der Waals surface area contributed by atoms with Crippen LogP contribution in [0.5, 0.6) is 0 Å². The van der Waals surface area contributed by atoms with Crippen LogP contribution >= 0.6 is 23.4 Å². The summed E-state index contributed by atoms with van der Waals surface area (Å²) in [6.07, 6.45) is 1.80. The van der Waals surface area contributed by atoms with Gasteiger partial charge in [0.1, 0.15) is 5.58 Å². The van der Waals surface area contributed by atoms with Crippen molar-refractivity contribution in [2.75, 3.05) is 6.26 Å². The second-order valence-corrected chi connectivity index (χ2v) is 5.42. The van der Waals surface area contributed by atoms with Crippen LogP contribution in [-0.4, -0.2) is 15.8 Å². The molecule has 0 radical (unpaired) electrons. The van der Waals surface area contributed by atoms with Crippen LogP contribution in [0.25, 0.3) is 22.1 Å². The second-order valence-electron chi connectivity index (χ2n) is 4.21. The summed E-state index contributed by atoms with van der Waals surface area (Å²) < 4.78 is 6.90. The summed E-state index contributed by atoms with van der Waals surface area (Å²) in [6.45, 7) is 0. The first-order chi connectivity index (χ1) is 9.52. The number of nitrogens with zero attached hydrogens (tertiary/aromatic N) is 2. The summed E-state index contributed by atoms with van der Waals surface area (Å²) in [5.74, 6) is 0. The topological polar surface area (TPSA) is 65.1 Å². The number of rotatable bonds is 1. The van der Waals surface area contributed by atoms with Crippen molar-refractivity contribution in [3.8, 4) is 0 Å². The molecule has 102 valence electrons. The van der Waals surface area contributed by atoms with E-state index in [2.05, 4.69) is 4.98 Å². The van der Waals surface area contributed by atoms with E-state index in [1.807, 2.05) is 0 Å². The quantitative estimate of drug-likeness (QED) is 0.392. The molecule has 0 aliphatic rings. The molecule has 0 saturated heterocycles. The van der Waals surface area contributed by atoms with Gasteiger partial charge in [0, 0.05) is 12.1 Å². The van der Waals surface area contributed by atoms with E-state index in [9.17, 15) is 9.59 Å². The van der Waals surface area contributed by atoms with E-state index < -0.39 is 11.0 Å². The van der Waals surface area contributed by atoms with Gasteiger partial charge >= 0.3 is 0 Å². The van der Waals surface area contributed by atoms with E-state index in [4.69, 9.17) is 16.0 Å². The molecular weight excluding hydrogens is 300 g/mol. The molecule has 0 bridgehead atoms. The maximum atomic E-state index is 12.4. The molecule has 0 unspecified atom stereocenters. The second kappa shape index (κ2) is 4.64. The molecule has 5 nitrogen and oxygen atoms in total. The van der Waals surface area contributed by atoms with Crippen LogP contribution in [0, 0.1) is 0 Å². The molecule has 0 aliphatic carbocycles. The lowest BCUT2D eigenvalue weighted by atomic mass is 10.2. The number of hydrogen-bond acceptors (Lipinski definition) is 5. The zero-order valence-corrected chi connectivity index (χ0v) is 12.2. The lowest BCUT2D eigenvalue weighted by Gasteiger charge is -2.06. The van der Waals surface area contributed by atoms with E-state index in [1.54, 1.807) is 25.4 Å². The largest absolute Gasteiger partial charge is 0.437 e. The number of benzene rings is 1. The van der Waals surface area contributed by atoms with Crippen molar-refractivity contribution in [2.24, 2.45) is 7.05 Å². The van der Waals surface area contributed by atoms with Crippen LogP contribution in [0.4, 0.5) is 0 Å². The first-order valence-electron chi connectivity index (χ1n) is 5.70. The van der Waals surface area contributed by atoms with Gasteiger partial charge in [-0.3, -0.25) is 14.2 Å². The molecule has 0 fully saturated rings. The molecule has 1 aromatic carbocycles. The van der Waals surface area contributed by atoms with E-state index in [1.165, 1.54) is 22.4 Å². The molecule has 7 heteroatoms. The monoisotopic (exact) mass is 308 g/mol. The molecule has 0 amide bonds. The molecule has 3 aromatic rings. The van der Waals surface area contributed by atoms with Crippen LogP contribution in [-0.2, 0) is 7.05 Å².